The van der Waals surface area contributed by atoms with E-state index in [9.17, 15) is 4.79 Å². The Labute approximate surface area is 97.4 Å². The molecule has 4 heteroatoms. The molecule has 0 amide bonds. The number of hydrogen-bond donors (Lipinski definition) is 0. The summed E-state index contributed by atoms with van der Waals surface area (Å²) in [5.74, 6) is 0.361. The van der Waals surface area contributed by atoms with Gasteiger partial charge in [0.25, 0.3) is 0 Å². The first kappa shape index (κ1) is 10.5. The number of rotatable bonds is 0. The molecule has 1 aromatic rings. The van der Waals surface area contributed by atoms with E-state index in [1.54, 1.807) is 25.1 Å². The quantitative estimate of drug-likeness (QED) is 0.651. The molecule has 0 atom stereocenters. The molecule has 0 N–H and O–H groups in total. The van der Waals surface area contributed by atoms with Gasteiger partial charge in [0.05, 0.1) is 10.6 Å². The largest absolute Gasteiger partial charge is 0.486 e. The number of allylic oxidation sites excluding steroid dienone is 1. The van der Waals surface area contributed by atoms with Crippen LogP contribution in [0.2, 0.25) is 10.0 Å². The molecule has 78 valence electrons. The van der Waals surface area contributed by atoms with Crippen LogP contribution >= 0.6 is 23.2 Å². The van der Waals surface area contributed by atoms with Crippen molar-refractivity contribution in [2.45, 2.75) is 6.92 Å². The van der Waals surface area contributed by atoms with E-state index in [4.69, 9.17) is 27.9 Å². The average molecular weight is 243 g/mol. The third-order valence-electron chi connectivity index (χ3n) is 2.27. The van der Waals surface area contributed by atoms with Crippen LogP contribution in [0.1, 0.15) is 17.3 Å². The zero-order valence-corrected chi connectivity index (χ0v) is 9.52. The second-order valence-electron chi connectivity index (χ2n) is 3.20. The number of ether oxygens (including phenoxy) is 1. The van der Waals surface area contributed by atoms with Crippen molar-refractivity contribution in [3.05, 3.63) is 39.4 Å². The average Bonchev–Trinajstić information content (AvgIpc) is 2.19. The Balaban J connectivity index is 2.61. The summed E-state index contributed by atoms with van der Waals surface area (Å²) in [6.07, 6.45) is 1.74. The van der Waals surface area contributed by atoms with Crippen molar-refractivity contribution in [2.24, 2.45) is 0 Å². The van der Waals surface area contributed by atoms with E-state index in [0.29, 0.717) is 26.9 Å². The molecule has 0 saturated heterocycles. The molecule has 1 aliphatic rings. The summed E-state index contributed by atoms with van der Waals surface area (Å²) >= 11 is 11.7. The number of carbonyl (C=O) groups is 1. The summed E-state index contributed by atoms with van der Waals surface area (Å²) in [6, 6.07) is 3.14. The van der Waals surface area contributed by atoms with Gasteiger partial charge in [-0.25, -0.2) is 0 Å². The lowest BCUT2D eigenvalue weighted by Gasteiger charge is -2.19. The van der Waals surface area contributed by atoms with Crippen molar-refractivity contribution in [3.63, 3.8) is 0 Å². The highest BCUT2D eigenvalue weighted by Gasteiger charge is 2.25. The molecule has 0 spiro atoms. The lowest BCUT2D eigenvalue weighted by molar-refractivity contribution is 0.0999. The Bertz CT molecular complexity index is 464. The minimum Gasteiger partial charge on any atom is -0.486 e. The van der Waals surface area contributed by atoms with Gasteiger partial charge in [-0.1, -0.05) is 29.3 Å². The summed E-state index contributed by atoms with van der Waals surface area (Å²) in [5.41, 5.74) is 1.06. The first-order chi connectivity index (χ1) is 7.13. The lowest BCUT2D eigenvalue weighted by Crippen LogP contribution is -2.19. The fourth-order valence-electron chi connectivity index (χ4n) is 1.48. The van der Waals surface area contributed by atoms with Crippen LogP contribution in [-0.2, 0) is 0 Å². The molecule has 0 bridgehead atoms. The highest BCUT2D eigenvalue weighted by molar-refractivity contribution is 6.36. The van der Waals surface area contributed by atoms with Gasteiger partial charge < -0.3 is 4.74 Å². The van der Waals surface area contributed by atoms with Crippen molar-refractivity contribution in [1.82, 2.24) is 0 Å². The van der Waals surface area contributed by atoms with Crippen molar-refractivity contribution in [2.75, 3.05) is 6.61 Å². The monoisotopic (exact) mass is 242 g/mol. The van der Waals surface area contributed by atoms with Crippen molar-refractivity contribution in [3.8, 4) is 5.75 Å². The second kappa shape index (κ2) is 3.87. The minimum atomic E-state index is -0.0665. The maximum atomic E-state index is 11.9. The Hall–Kier alpha value is -0.990. The predicted octanol–water partition coefficient (Wildman–Crippen LogP) is 3.51. The minimum absolute atomic E-state index is 0.0665. The lowest BCUT2D eigenvalue weighted by atomic mass is 10.0. The molecule has 0 saturated carbocycles. The first-order valence-electron chi connectivity index (χ1n) is 4.45. The number of halogens is 2. The molecule has 0 radical (unpaired) electrons. The molecule has 0 aromatic heterocycles. The number of ketones is 1. The van der Waals surface area contributed by atoms with Crippen LogP contribution in [-0.4, -0.2) is 12.4 Å². The van der Waals surface area contributed by atoms with Crippen LogP contribution in [0.4, 0.5) is 0 Å². The predicted molar refractivity (Wildman–Crippen MR) is 60.0 cm³/mol. The number of fused-ring (bicyclic) bond motifs is 1. The van der Waals surface area contributed by atoms with Gasteiger partial charge in [-0.2, -0.15) is 0 Å². The second-order valence-corrected chi connectivity index (χ2v) is 4.04. The molecule has 15 heavy (non-hydrogen) atoms. The Morgan fingerprint density at radius 1 is 1.40 bits per heavy atom. The summed E-state index contributed by atoms with van der Waals surface area (Å²) in [6.45, 7) is 2.07. The van der Waals surface area contributed by atoms with Gasteiger partial charge in [0.1, 0.15) is 12.4 Å². The van der Waals surface area contributed by atoms with Crippen LogP contribution in [0.25, 0.3) is 0 Å². The number of hydrogen-bond acceptors (Lipinski definition) is 2. The van der Waals surface area contributed by atoms with Crippen molar-refractivity contribution >= 4 is 29.0 Å². The van der Waals surface area contributed by atoms with Gasteiger partial charge in [-0.05, 0) is 19.1 Å². The van der Waals surface area contributed by atoms with Crippen LogP contribution in [0.15, 0.2) is 23.8 Å². The highest BCUT2D eigenvalue weighted by atomic mass is 35.5. The molecule has 2 rings (SSSR count). The maximum absolute atomic E-state index is 11.9. The van der Waals surface area contributed by atoms with Gasteiger partial charge in [0, 0.05) is 10.6 Å². The Morgan fingerprint density at radius 3 is 2.80 bits per heavy atom. The molecular formula is C11H8Cl2O2. The maximum Gasteiger partial charge on any atom is 0.195 e. The molecular weight excluding hydrogens is 235 g/mol. The van der Waals surface area contributed by atoms with E-state index in [0.717, 1.165) is 0 Å². The highest BCUT2D eigenvalue weighted by Crippen LogP contribution is 2.36. The van der Waals surface area contributed by atoms with Crippen molar-refractivity contribution in [1.29, 1.82) is 0 Å². The number of carbonyl (C=O) groups excluding carboxylic acids is 1. The molecule has 0 aliphatic carbocycles. The SMILES string of the molecule is C/C=C1\COc2c(Cl)cc(Cl)cc2C1=O. The molecule has 1 aliphatic heterocycles. The Kier molecular flexibility index (Phi) is 2.72. The Morgan fingerprint density at radius 2 is 2.13 bits per heavy atom. The third kappa shape index (κ3) is 1.75. The van der Waals surface area contributed by atoms with E-state index in [1.807, 2.05) is 0 Å². The topological polar surface area (TPSA) is 26.3 Å². The third-order valence-corrected chi connectivity index (χ3v) is 2.76. The van der Waals surface area contributed by atoms with Crippen LogP contribution in [0.3, 0.4) is 0 Å². The van der Waals surface area contributed by atoms with E-state index in [1.165, 1.54) is 0 Å². The van der Waals surface area contributed by atoms with Crippen molar-refractivity contribution < 1.29 is 9.53 Å². The summed E-state index contributed by atoms with van der Waals surface area (Å²) in [4.78, 5) is 11.9. The standard InChI is InChI=1S/C11H8Cl2O2/c1-2-6-5-15-11-8(10(6)14)3-7(12)4-9(11)13/h2-4H,5H2,1H3/b6-2+. The van der Waals surface area contributed by atoms with Gasteiger partial charge in [0.2, 0.25) is 0 Å². The fraction of sp³-hybridized carbons (Fsp3) is 0.182. The summed E-state index contributed by atoms with van der Waals surface area (Å²) < 4.78 is 5.40. The van der Waals surface area contributed by atoms with Gasteiger partial charge >= 0.3 is 0 Å². The number of Topliss-reactive ketones (excluding diaryl/α,β-unsaturated/α-hetero) is 1. The van der Waals surface area contributed by atoms with E-state index in [2.05, 4.69) is 0 Å². The number of benzene rings is 1. The van der Waals surface area contributed by atoms with Crippen LogP contribution < -0.4 is 4.74 Å². The molecule has 0 fully saturated rings. The fourth-order valence-corrected chi connectivity index (χ4v) is 2.03. The molecule has 1 heterocycles. The first-order valence-corrected chi connectivity index (χ1v) is 5.21. The zero-order valence-electron chi connectivity index (χ0n) is 8.01. The summed E-state index contributed by atoms with van der Waals surface area (Å²) in [7, 11) is 0. The van der Waals surface area contributed by atoms with E-state index >= 15 is 0 Å². The normalized spacial score (nSPS) is 17.5. The van der Waals surface area contributed by atoms with E-state index in [-0.39, 0.29) is 12.4 Å². The van der Waals surface area contributed by atoms with Crippen LogP contribution in [0.5, 0.6) is 5.75 Å². The molecule has 0 unspecified atom stereocenters. The van der Waals surface area contributed by atoms with E-state index < -0.39 is 0 Å². The van der Waals surface area contributed by atoms with Gasteiger partial charge in [0.15, 0.2) is 5.78 Å². The van der Waals surface area contributed by atoms with Gasteiger partial charge in [-0.15, -0.1) is 0 Å². The molecule has 1 aromatic carbocycles. The summed E-state index contributed by atoms with van der Waals surface area (Å²) in [5, 5.41) is 0.814. The van der Waals surface area contributed by atoms with Crippen LogP contribution in [0, 0.1) is 0 Å². The van der Waals surface area contributed by atoms with Gasteiger partial charge in [-0.3, -0.25) is 4.79 Å². The smallest absolute Gasteiger partial charge is 0.195 e. The molecule has 2 nitrogen and oxygen atoms in total. The zero-order chi connectivity index (χ0) is 11.0.